The normalized spacial score (nSPS) is 13.0. The molecule has 50 valence electrons. The van der Waals surface area contributed by atoms with Crippen LogP contribution in [0, 0.1) is 0 Å². The third-order valence-electron chi connectivity index (χ3n) is 0.732. The van der Waals surface area contributed by atoms with Gasteiger partial charge >= 0.3 is 5.97 Å². The first-order valence-corrected chi connectivity index (χ1v) is 3.60. The van der Waals surface area contributed by atoms with E-state index in [1.165, 1.54) is 11.8 Å². The van der Waals surface area contributed by atoms with Crippen LogP contribution in [0.4, 0.5) is 0 Å². The van der Waals surface area contributed by atoms with E-state index < -0.39 is 12.0 Å². The molecular formula is C4H8BNO2S. The van der Waals surface area contributed by atoms with Gasteiger partial charge in [-0.1, -0.05) is 0 Å². The van der Waals surface area contributed by atoms with E-state index in [0.717, 1.165) is 0 Å². The minimum Gasteiger partial charge on any atom is -0.480 e. The fourth-order valence-corrected chi connectivity index (χ4v) is 0.799. The molecule has 0 heterocycles. The maximum atomic E-state index is 10.0. The van der Waals surface area contributed by atoms with Gasteiger partial charge in [-0.15, -0.1) is 0 Å². The molecule has 0 fully saturated rings. The second-order valence-electron chi connectivity index (χ2n) is 1.48. The molecule has 2 radical (unpaired) electrons. The Kier molecular flexibility index (Phi) is 4.62. The van der Waals surface area contributed by atoms with Crippen LogP contribution in [0.15, 0.2) is 0 Å². The van der Waals surface area contributed by atoms with Gasteiger partial charge in [-0.3, -0.25) is 4.79 Å². The van der Waals surface area contributed by atoms with Crippen molar-refractivity contribution in [1.82, 2.24) is 0 Å². The second kappa shape index (κ2) is 4.70. The number of carboxylic acid groups (broad SMARTS) is 1. The first kappa shape index (κ1) is 8.84. The van der Waals surface area contributed by atoms with Crippen molar-refractivity contribution >= 4 is 25.6 Å². The van der Waals surface area contributed by atoms with E-state index in [0.29, 0.717) is 11.4 Å². The second-order valence-corrected chi connectivity index (χ2v) is 2.56. The van der Waals surface area contributed by atoms with E-state index in [1.807, 2.05) is 0 Å². The Bertz CT molecular complexity index is 101. The zero-order valence-corrected chi connectivity index (χ0v) is 5.73. The van der Waals surface area contributed by atoms with Crippen molar-refractivity contribution < 1.29 is 9.90 Å². The fourth-order valence-electron chi connectivity index (χ4n) is 0.266. The van der Waals surface area contributed by atoms with Crippen molar-refractivity contribution in [3.8, 4) is 0 Å². The maximum absolute atomic E-state index is 10.0. The quantitative estimate of drug-likeness (QED) is 0.511. The van der Waals surface area contributed by atoms with Gasteiger partial charge < -0.3 is 10.8 Å². The molecule has 0 spiro atoms. The summed E-state index contributed by atoms with van der Waals surface area (Å²) in [4.78, 5) is 10.0. The van der Waals surface area contributed by atoms with Gasteiger partial charge in [0.2, 0.25) is 0 Å². The zero-order valence-electron chi connectivity index (χ0n) is 4.91. The highest BCUT2D eigenvalue weighted by Crippen LogP contribution is 1.97. The van der Waals surface area contributed by atoms with Crippen LogP contribution >= 0.6 is 11.8 Å². The van der Waals surface area contributed by atoms with Crippen LogP contribution in [-0.4, -0.2) is 36.4 Å². The molecule has 0 aliphatic rings. The summed E-state index contributed by atoms with van der Waals surface area (Å²) in [7, 11) is 5.09. The summed E-state index contributed by atoms with van der Waals surface area (Å²) in [6.45, 7) is 0. The monoisotopic (exact) mass is 145 g/mol. The lowest BCUT2D eigenvalue weighted by molar-refractivity contribution is -0.137. The summed E-state index contributed by atoms with van der Waals surface area (Å²) in [6, 6.07) is -0.779. The number of rotatable bonds is 4. The SMILES string of the molecule is [B]CSC[C@H](N)C(=O)O. The number of carbonyl (C=O) groups is 1. The first-order valence-electron chi connectivity index (χ1n) is 2.44. The summed E-state index contributed by atoms with van der Waals surface area (Å²) in [5, 5.41) is 8.23. The molecule has 0 aromatic heterocycles. The summed E-state index contributed by atoms with van der Waals surface area (Å²) < 4.78 is 0. The van der Waals surface area contributed by atoms with Crippen LogP contribution in [0.3, 0.4) is 0 Å². The van der Waals surface area contributed by atoms with Crippen molar-refractivity contribution in [2.24, 2.45) is 5.73 Å². The predicted octanol–water partition coefficient (Wildman–Crippen LogP) is -0.742. The van der Waals surface area contributed by atoms with Gasteiger partial charge in [0.25, 0.3) is 0 Å². The first-order chi connectivity index (χ1) is 4.18. The smallest absolute Gasteiger partial charge is 0.321 e. The van der Waals surface area contributed by atoms with Gasteiger partial charge in [0, 0.05) is 5.75 Å². The lowest BCUT2D eigenvalue weighted by atomic mass is 10.2. The molecule has 0 aliphatic heterocycles. The van der Waals surface area contributed by atoms with Crippen LogP contribution in [0.25, 0.3) is 0 Å². The van der Waals surface area contributed by atoms with E-state index in [1.54, 1.807) is 0 Å². The molecule has 0 bridgehead atoms. The number of nitrogens with two attached hydrogens (primary N) is 1. The highest BCUT2D eigenvalue weighted by Gasteiger charge is 2.09. The number of thioether (sulfide) groups is 1. The molecule has 9 heavy (non-hydrogen) atoms. The molecular weight excluding hydrogens is 137 g/mol. The molecule has 0 aromatic carbocycles. The summed E-state index contributed by atoms with van der Waals surface area (Å²) in [6.07, 6.45) is 0. The lowest BCUT2D eigenvalue weighted by Crippen LogP contribution is -2.32. The highest BCUT2D eigenvalue weighted by molar-refractivity contribution is 8.00. The van der Waals surface area contributed by atoms with E-state index in [4.69, 9.17) is 18.7 Å². The van der Waals surface area contributed by atoms with Gasteiger partial charge in [0.15, 0.2) is 0 Å². The van der Waals surface area contributed by atoms with Crippen molar-refractivity contribution in [3.63, 3.8) is 0 Å². The van der Waals surface area contributed by atoms with Crippen LogP contribution in [0.1, 0.15) is 0 Å². The third-order valence-corrected chi connectivity index (χ3v) is 1.56. The van der Waals surface area contributed by atoms with Gasteiger partial charge in [0.1, 0.15) is 6.04 Å². The van der Waals surface area contributed by atoms with Crippen molar-refractivity contribution in [1.29, 1.82) is 0 Å². The summed E-state index contributed by atoms with van der Waals surface area (Å²) >= 11 is 1.32. The Morgan fingerprint density at radius 2 is 2.44 bits per heavy atom. The highest BCUT2D eigenvalue weighted by atomic mass is 32.2. The predicted molar refractivity (Wildman–Crippen MR) is 38.7 cm³/mol. The largest absolute Gasteiger partial charge is 0.480 e. The molecule has 0 aromatic rings. The lowest BCUT2D eigenvalue weighted by Gasteiger charge is -2.02. The van der Waals surface area contributed by atoms with Crippen LogP contribution in [0.2, 0.25) is 0 Å². The molecule has 3 N–H and O–H groups in total. The molecule has 0 rings (SSSR count). The number of aliphatic carboxylic acids is 1. The average Bonchev–Trinajstić information content (AvgIpc) is 1.82. The van der Waals surface area contributed by atoms with Gasteiger partial charge in [-0.05, 0) is 5.65 Å². The molecule has 0 saturated heterocycles. The molecule has 0 aliphatic carbocycles. The Morgan fingerprint density at radius 1 is 1.89 bits per heavy atom. The Balaban J connectivity index is 3.27. The molecule has 3 nitrogen and oxygen atoms in total. The summed E-state index contributed by atoms with van der Waals surface area (Å²) in [5.74, 6) is -0.595. The third kappa shape index (κ3) is 4.35. The molecule has 5 heteroatoms. The standard InChI is InChI=1S/C4H8BNO2S/c5-2-9-1-3(6)4(7)8/h3H,1-2,6H2,(H,7,8)/t3-/m0/s1. The van der Waals surface area contributed by atoms with Crippen molar-refractivity contribution in [2.75, 3.05) is 11.4 Å². The minimum atomic E-state index is -0.976. The molecule has 0 unspecified atom stereocenters. The minimum absolute atomic E-state index is 0.381. The average molecular weight is 145 g/mol. The Labute approximate surface area is 59.4 Å². The van der Waals surface area contributed by atoms with Crippen LogP contribution < -0.4 is 5.73 Å². The summed E-state index contributed by atoms with van der Waals surface area (Å²) in [5.41, 5.74) is 5.54. The molecule has 0 saturated carbocycles. The van der Waals surface area contributed by atoms with Crippen LogP contribution in [0.5, 0.6) is 0 Å². The van der Waals surface area contributed by atoms with Gasteiger partial charge in [-0.25, -0.2) is 0 Å². The van der Waals surface area contributed by atoms with Crippen molar-refractivity contribution in [2.45, 2.75) is 6.04 Å². The molecule has 0 amide bonds. The maximum Gasteiger partial charge on any atom is 0.321 e. The number of hydrogen-bond donors (Lipinski definition) is 2. The van der Waals surface area contributed by atoms with E-state index in [2.05, 4.69) is 0 Å². The van der Waals surface area contributed by atoms with Crippen molar-refractivity contribution in [3.05, 3.63) is 0 Å². The fraction of sp³-hybridized carbons (Fsp3) is 0.750. The van der Waals surface area contributed by atoms with E-state index in [-0.39, 0.29) is 0 Å². The Hall–Kier alpha value is -0.155. The zero-order chi connectivity index (χ0) is 7.28. The topological polar surface area (TPSA) is 63.3 Å². The van der Waals surface area contributed by atoms with Gasteiger partial charge in [-0.2, -0.15) is 11.8 Å². The van der Waals surface area contributed by atoms with Crippen LogP contribution in [-0.2, 0) is 4.79 Å². The number of hydrogen-bond acceptors (Lipinski definition) is 3. The van der Waals surface area contributed by atoms with E-state index in [9.17, 15) is 4.79 Å². The Morgan fingerprint density at radius 3 is 2.78 bits per heavy atom. The van der Waals surface area contributed by atoms with E-state index >= 15 is 0 Å². The van der Waals surface area contributed by atoms with Gasteiger partial charge in [0.05, 0.1) is 7.85 Å². The molecule has 1 atom stereocenters. The number of carboxylic acids is 1.